The monoisotopic (exact) mass is 653 g/mol. The number of nitrogens with one attached hydrogen (secondary N) is 1. The third kappa shape index (κ3) is 9.26. The summed E-state index contributed by atoms with van der Waals surface area (Å²) in [6.45, 7) is 2.34. The van der Waals surface area contributed by atoms with Crippen LogP contribution in [0.3, 0.4) is 0 Å². The van der Waals surface area contributed by atoms with Crippen molar-refractivity contribution in [2.45, 2.75) is 38.8 Å². The predicted octanol–water partition coefficient (Wildman–Crippen LogP) is 5.98. The van der Waals surface area contributed by atoms with Crippen molar-refractivity contribution in [1.29, 1.82) is 0 Å². The molecule has 0 radical (unpaired) electrons. The molecule has 0 unspecified atom stereocenters. The second-order valence-corrected chi connectivity index (χ2v) is 12.8. The highest BCUT2D eigenvalue weighted by Gasteiger charge is 2.30. The maximum Gasteiger partial charge on any atom is 0.243 e. The van der Waals surface area contributed by atoms with Crippen LogP contribution in [0.4, 0.5) is 5.69 Å². The van der Waals surface area contributed by atoms with E-state index in [4.69, 9.17) is 39.5 Å². The second kappa shape index (κ2) is 15.5. The van der Waals surface area contributed by atoms with E-state index in [0.29, 0.717) is 40.0 Å². The molecule has 0 spiro atoms. The van der Waals surface area contributed by atoms with Crippen molar-refractivity contribution in [3.05, 3.63) is 92.9 Å². The Morgan fingerprint density at radius 3 is 2.24 bits per heavy atom. The highest BCUT2D eigenvalue weighted by atomic mass is 35.5. The van der Waals surface area contributed by atoms with E-state index in [1.54, 1.807) is 30.3 Å². The minimum atomic E-state index is -3.69. The topological polar surface area (TPSA) is 96.0 Å². The highest BCUT2D eigenvalue weighted by molar-refractivity contribution is 7.92. The van der Waals surface area contributed by atoms with Gasteiger partial charge in [-0.15, -0.1) is 0 Å². The second-order valence-electron chi connectivity index (χ2n) is 9.63. The Bertz CT molecular complexity index is 1490. The molecule has 8 nitrogen and oxygen atoms in total. The Labute approximate surface area is 262 Å². The number of benzene rings is 3. The number of carbonyl (C=O) groups is 2. The smallest absolute Gasteiger partial charge is 0.243 e. The van der Waals surface area contributed by atoms with Gasteiger partial charge in [0.15, 0.2) is 0 Å². The molecule has 0 saturated carbocycles. The minimum Gasteiger partial charge on any atom is -0.495 e. The molecule has 2 amide bonds. The average Bonchev–Trinajstić information content (AvgIpc) is 2.94. The molecule has 0 aromatic heterocycles. The summed E-state index contributed by atoms with van der Waals surface area (Å²) < 4.78 is 31.7. The molecule has 12 heteroatoms. The lowest BCUT2D eigenvalue weighted by Gasteiger charge is -2.32. The molecule has 3 aromatic rings. The van der Waals surface area contributed by atoms with Crippen LogP contribution in [-0.4, -0.2) is 57.6 Å². The van der Waals surface area contributed by atoms with Crippen LogP contribution in [0.1, 0.15) is 30.9 Å². The number of methoxy groups -OCH3 is 1. The fourth-order valence-electron chi connectivity index (χ4n) is 4.50. The number of carbonyl (C=O) groups excluding carboxylic acids is 2. The fourth-order valence-corrected chi connectivity index (χ4v) is 6.02. The number of likely N-dealkylation sites (N-methyl/N-ethyl adjacent to an activating group) is 1. The van der Waals surface area contributed by atoms with Crippen LogP contribution < -0.4 is 14.4 Å². The number of rotatable bonds is 14. The molecule has 0 saturated heterocycles. The number of sulfonamides is 1. The SMILES string of the molecule is CCNC(=O)[C@@H](Cc1ccccc1)N(Cc1ccc(Cl)c(Cl)c1)C(=O)CCCN(c1ccc(OC)c(Cl)c1)S(C)(=O)=O. The van der Waals surface area contributed by atoms with Crippen LogP contribution in [0.2, 0.25) is 15.1 Å². The molecule has 0 fully saturated rings. The number of anilines is 1. The summed E-state index contributed by atoms with van der Waals surface area (Å²) in [7, 11) is -2.22. The molecular formula is C30H34Cl3N3O5S. The Morgan fingerprint density at radius 1 is 0.929 bits per heavy atom. The van der Waals surface area contributed by atoms with Gasteiger partial charge in [-0.3, -0.25) is 13.9 Å². The molecule has 0 heterocycles. The van der Waals surface area contributed by atoms with Crippen LogP contribution in [0.15, 0.2) is 66.7 Å². The fraction of sp³-hybridized carbons (Fsp3) is 0.333. The first-order valence-corrected chi connectivity index (χ1v) is 16.3. The maximum atomic E-state index is 13.8. The number of amides is 2. The van der Waals surface area contributed by atoms with E-state index in [9.17, 15) is 18.0 Å². The van der Waals surface area contributed by atoms with E-state index in [-0.39, 0.29) is 42.8 Å². The van der Waals surface area contributed by atoms with Gasteiger partial charge in [-0.05, 0) is 54.8 Å². The predicted molar refractivity (Wildman–Crippen MR) is 169 cm³/mol. The first kappa shape index (κ1) is 33.5. The molecule has 0 aliphatic rings. The summed E-state index contributed by atoms with van der Waals surface area (Å²) in [4.78, 5) is 28.7. The van der Waals surface area contributed by atoms with Crippen molar-refractivity contribution in [2.75, 3.05) is 30.8 Å². The summed E-state index contributed by atoms with van der Waals surface area (Å²) >= 11 is 18.6. The molecule has 0 aliphatic heterocycles. The first-order chi connectivity index (χ1) is 19.9. The number of hydrogen-bond acceptors (Lipinski definition) is 5. The van der Waals surface area contributed by atoms with E-state index in [1.807, 2.05) is 37.3 Å². The van der Waals surface area contributed by atoms with Gasteiger partial charge in [0.1, 0.15) is 11.8 Å². The van der Waals surface area contributed by atoms with Crippen molar-refractivity contribution in [3.63, 3.8) is 0 Å². The van der Waals surface area contributed by atoms with Crippen molar-refractivity contribution in [1.82, 2.24) is 10.2 Å². The third-order valence-electron chi connectivity index (χ3n) is 6.53. The number of halogens is 3. The van der Waals surface area contributed by atoms with Gasteiger partial charge in [0, 0.05) is 32.5 Å². The van der Waals surface area contributed by atoms with Crippen LogP contribution in [-0.2, 0) is 32.6 Å². The molecule has 0 bridgehead atoms. The quantitative estimate of drug-likeness (QED) is 0.231. The van der Waals surface area contributed by atoms with Crippen LogP contribution in [0, 0.1) is 0 Å². The number of hydrogen-bond donors (Lipinski definition) is 1. The van der Waals surface area contributed by atoms with E-state index in [0.717, 1.165) is 11.8 Å². The van der Waals surface area contributed by atoms with Gasteiger partial charge in [-0.25, -0.2) is 8.42 Å². The Morgan fingerprint density at radius 2 is 1.64 bits per heavy atom. The van der Waals surface area contributed by atoms with Gasteiger partial charge in [0.25, 0.3) is 0 Å². The summed E-state index contributed by atoms with van der Waals surface area (Å²) in [5.41, 5.74) is 1.94. The first-order valence-electron chi connectivity index (χ1n) is 13.3. The summed E-state index contributed by atoms with van der Waals surface area (Å²) in [6.07, 6.45) is 1.57. The van der Waals surface area contributed by atoms with Gasteiger partial charge in [-0.2, -0.15) is 0 Å². The summed E-state index contributed by atoms with van der Waals surface area (Å²) in [5, 5.41) is 3.82. The van der Waals surface area contributed by atoms with Gasteiger partial charge >= 0.3 is 0 Å². The molecule has 42 heavy (non-hydrogen) atoms. The van der Waals surface area contributed by atoms with Crippen LogP contribution in [0.25, 0.3) is 0 Å². The standard InChI is InChI=1S/C30H34Cl3N3O5S/c1-4-34-30(38)27(18-21-9-6-5-7-10-21)35(20-22-12-14-24(31)25(32)17-22)29(37)11-8-16-36(42(3,39)40)23-13-15-28(41-2)26(33)19-23/h5-7,9-10,12-15,17,19,27H,4,8,11,16,18,20H2,1-3H3,(H,34,38)/t27-/m1/s1. The zero-order valence-electron chi connectivity index (χ0n) is 23.6. The molecule has 1 atom stereocenters. The zero-order valence-corrected chi connectivity index (χ0v) is 26.7. The van der Waals surface area contributed by atoms with Gasteiger partial charge in [0.2, 0.25) is 21.8 Å². The Balaban J connectivity index is 1.89. The maximum absolute atomic E-state index is 13.8. The van der Waals surface area contributed by atoms with Gasteiger partial charge in [0.05, 0.1) is 34.1 Å². The van der Waals surface area contributed by atoms with Crippen molar-refractivity contribution >= 4 is 62.3 Å². The lowest BCUT2D eigenvalue weighted by atomic mass is 10.0. The molecule has 3 aromatic carbocycles. The molecule has 1 N–H and O–H groups in total. The Kier molecular flexibility index (Phi) is 12.4. The number of nitrogens with zero attached hydrogens (tertiary/aromatic N) is 2. The van der Waals surface area contributed by atoms with Crippen LogP contribution >= 0.6 is 34.8 Å². The zero-order chi connectivity index (χ0) is 30.9. The van der Waals surface area contributed by atoms with E-state index < -0.39 is 16.1 Å². The van der Waals surface area contributed by atoms with E-state index in [1.165, 1.54) is 22.4 Å². The number of ether oxygens (including phenoxy) is 1. The summed E-state index contributed by atoms with van der Waals surface area (Å²) in [5.74, 6) is -0.188. The van der Waals surface area contributed by atoms with E-state index >= 15 is 0 Å². The highest BCUT2D eigenvalue weighted by Crippen LogP contribution is 2.30. The van der Waals surface area contributed by atoms with Gasteiger partial charge in [-0.1, -0.05) is 71.2 Å². The van der Waals surface area contributed by atoms with Crippen molar-refractivity contribution < 1.29 is 22.7 Å². The largest absolute Gasteiger partial charge is 0.495 e. The Hall–Kier alpha value is -2.98. The molecular weight excluding hydrogens is 621 g/mol. The van der Waals surface area contributed by atoms with Gasteiger partial charge < -0.3 is 15.0 Å². The van der Waals surface area contributed by atoms with E-state index in [2.05, 4.69) is 5.32 Å². The third-order valence-corrected chi connectivity index (χ3v) is 8.76. The lowest BCUT2D eigenvalue weighted by molar-refractivity contribution is -0.141. The van der Waals surface area contributed by atoms with Crippen molar-refractivity contribution in [3.8, 4) is 5.75 Å². The summed E-state index contributed by atoms with van der Waals surface area (Å²) in [6, 6.07) is 18.4. The normalized spacial score (nSPS) is 12.0. The molecule has 226 valence electrons. The minimum absolute atomic E-state index is 0.0120. The lowest BCUT2D eigenvalue weighted by Crippen LogP contribution is -2.50. The average molecular weight is 655 g/mol. The molecule has 0 aliphatic carbocycles. The molecule has 3 rings (SSSR count). The van der Waals surface area contributed by atoms with Crippen molar-refractivity contribution in [2.24, 2.45) is 0 Å². The van der Waals surface area contributed by atoms with Crippen LogP contribution in [0.5, 0.6) is 5.75 Å².